The maximum Gasteiger partial charge on any atom is 0.322 e. The summed E-state index contributed by atoms with van der Waals surface area (Å²) in [7, 11) is 4.86. The molecule has 5 heterocycles. The van der Waals surface area contributed by atoms with Crippen LogP contribution >= 0.6 is 0 Å². The minimum Gasteiger partial charge on any atom is -0.496 e. The van der Waals surface area contributed by atoms with Crippen LogP contribution < -0.4 is 26.0 Å². The van der Waals surface area contributed by atoms with Crippen molar-refractivity contribution in [2.75, 3.05) is 65.5 Å². The van der Waals surface area contributed by atoms with Crippen LogP contribution in [0.5, 0.6) is 5.75 Å². The maximum atomic E-state index is 15.3. The molecule has 1 saturated heterocycles. The van der Waals surface area contributed by atoms with E-state index < -0.39 is 63.5 Å². The molecule has 15 heteroatoms. The number of esters is 2. The number of hydrogen-bond donors (Lipinski definition) is 7. The Bertz CT molecular complexity index is 2320. The summed E-state index contributed by atoms with van der Waals surface area (Å²) in [6, 6.07) is 9.99. The van der Waals surface area contributed by atoms with E-state index in [2.05, 4.69) is 39.6 Å². The SMILES string of the molecule is CCC1(O)CNCCc2c([nH]c3ccccc23)C(C(=O)OC)(c2cc3c(cc2OC)N(C)C2C34CCN3CC=C[C@](CC)(C34)[C@@H](O)[C@]2(O)C(=O)NCCCOC(=O)C(C)N)CC(C)C1. The number of benzene rings is 2. The van der Waals surface area contributed by atoms with Crippen molar-refractivity contribution < 1.29 is 43.9 Å². The third kappa shape index (κ3) is 6.70. The van der Waals surface area contributed by atoms with Crippen LogP contribution in [0.2, 0.25) is 0 Å². The lowest BCUT2D eigenvalue weighted by Crippen LogP contribution is -2.81. The number of rotatable bonds is 11. The van der Waals surface area contributed by atoms with Crippen LogP contribution in [-0.4, -0.2) is 139 Å². The zero-order valence-corrected chi connectivity index (χ0v) is 38.5. The Labute approximate surface area is 376 Å². The molecule has 64 heavy (non-hydrogen) atoms. The van der Waals surface area contributed by atoms with Gasteiger partial charge in [0.1, 0.15) is 23.3 Å². The summed E-state index contributed by atoms with van der Waals surface area (Å²) < 4.78 is 17.5. The quantitative estimate of drug-likeness (QED) is 0.0841. The van der Waals surface area contributed by atoms with Crippen LogP contribution in [0.4, 0.5) is 5.69 Å². The minimum atomic E-state index is -2.33. The van der Waals surface area contributed by atoms with Gasteiger partial charge in [-0.05, 0) is 94.1 Å². The number of hydrogen-bond acceptors (Lipinski definition) is 13. The number of carbonyl (C=O) groups is 3. The summed E-state index contributed by atoms with van der Waals surface area (Å²) >= 11 is 0. The molecule has 1 amide bonds. The first kappa shape index (κ1) is 46.0. The lowest BCUT2D eigenvalue weighted by atomic mass is 9.47. The van der Waals surface area contributed by atoms with Gasteiger partial charge in [0, 0.05) is 77.5 Å². The predicted octanol–water partition coefficient (Wildman–Crippen LogP) is 2.94. The van der Waals surface area contributed by atoms with E-state index in [4.69, 9.17) is 19.9 Å². The van der Waals surface area contributed by atoms with Gasteiger partial charge in [-0.1, -0.05) is 51.1 Å². The van der Waals surface area contributed by atoms with Crippen molar-refractivity contribution in [1.82, 2.24) is 20.5 Å². The summed E-state index contributed by atoms with van der Waals surface area (Å²) in [5, 5.41) is 45.5. The molecule has 2 aromatic carbocycles. The number of fused-ring (bicyclic) bond motifs is 4. The minimum absolute atomic E-state index is 0.0223. The van der Waals surface area contributed by atoms with Crippen LogP contribution in [0.25, 0.3) is 10.9 Å². The Balaban J connectivity index is 1.35. The summed E-state index contributed by atoms with van der Waals surface area (Å²) in [5.41, 5.74) is 3.56. The Morgan fingerprint density at radius 2 is 1.83 bits per heavy atom. The van der Waals surface area contributed by atoms with Crippen molar-refractivity contribution in [3.8, 4) is 5.75 Å². The van der Waals surface area contributed by atoms with Gasteiger partial charge >= 0.3 is 11.9 Å². The second kappa shape index (κ2) is 17.0. The number of nitrogens with zero attached hydrogens (tertiary/aromatic N) is 2. The average molecular weight is 885 g/mol. The number of ether oxygens (including phenoxy) is 3. The standard InChI is InChI=1S/C49H68N6O9/c1-8-45(60)26-29(3)27-48(44(59)63-7,38-32(16-20-51-28-45)31-14-10-11-15-35(31)53-38)34-24-33-36(25-37(34)62-6)54(5)41-47(33)18-22-55-21-12-17-46(9-2,40(47)55)42(57)49(41,61)43(58)52-19-13-23-64-39(56)30(4)50/h10-12,14-15,17,24-25,29-30,40-42,51,53,57,60-61H,8-9,13,16,18-23,26-28,50H2,1-7H3,(H,52,58)/t29?,30?,40?,41?,42-,45?,46-,47?,48?,49+/m1/s1. The number of methoxy groups -OCH3 is 2. The number of amides is 1. The number of carbonyl (C=O) groups excluding carboxylic acids is 3. The molecule has 1 spiro atoms. The first-order valence-electron chi connectivity index (χ1n) is 23.1. The number of aromatic amines is 1. The van der Waals surface area contributed by atoms with E-state index in [0.717, 1.165) is 27.7 Å². The van der Waals surface area contributed by atoms with Gasteiger partial charge in [0.2, 0.25) is 0 Å². The van der Waals surface area contributed by atoms with Gasteiger partial charge in [0.15, 0.2) is 5.60 Å². The molecular formula is C49H68N6O9. The molecule has 0 radical (unpaired) electrons. The number of aromatic nitrogens is 1. The van der Waals surface area contributed by atoms with E-state index in [1.807, 2.05) is 62.2 Å². The maximum absolute atomic E-state index is 15.3. The number of likely N-dealkylation sites (N-methyl/N-ethyl adjacent to an activating group) is 1. The highest BCUT2D eigenvalue weighted by Crippen LogP contribution is 2.67. The van der Waals surface area contributed by atoms with Crippen LogP contribution in [0.3, 0.4) is 0 Å². The molecule has 0 bridgehead atoms. The first-order chi connectivity index (χ1) is 30.5. The molecule has 10 atom stereocenters. The molecule has 8 rings (SSSR count). The van der Waals surface area contributed by atoms with E-state index in [1.54, 1.807) is 7.11 Å². The van der Waals surface area contributed by atoms with E-state index in [-0.39, 0.29) is 38.0 Å². The van der Waals surface area contributed by atoms with E-state index in [1.165, 1.54) is 14.0 Å². The molecule has 8 N–H and O–H groups in total. The highest BCUT2D eigenvalue weighted by Gasteiger charge is 2.78. The Kier molecular flexibility index (Phi) is 12.3. The molecule has 1 aliphatic carbocycles. The zero-order valence-electron chi connectivity index (χ0n) is 38.5. The molecule has 1 saturated carbocycles. The number of aliphatic hydroxyl groups excluding tert-OH is 1. The molecule has 5 aliphatic rings. The molecule has 348 valence electrons. The first-order valence-corrected chi connectivity index (χ1v) is 23.1. The number of nitrogens with one attached hydrogen (secondary N) is 3. The Morgan fingerprint density at radius 1 is 1.06 bits per heavy atom. The van der Waals surface area contributed by atoms with Crippen molar-refractivity contribution in [3.05, 3.63) is 70.9 Å². The van der Waals surface area contributed by atoms with E-state index in [9.17, 15) is 24.9 Å². The van der Waals surface area contributed by atoms with Gasteiger partial charge in [0.05, 0.1) is 32.5 Å². The molecule has 7 unspecified atom stereocenters. The Morgan fingerprint density at radius 3 is 2.53 bits per heavy atom. The normalized spacial score (nSPS) is 33.9. The van der Waals surface area contributed by atoms with Crippen molar-refractivity contribution in [1.29, 1.82) is 0 Å². The lowest BCUT2D eigenvalue weighted by Gasteiger charge is -2.63. The van der Waals surface area contributed by atoms with Crippen molar-refractivity contribution in [2.24, 2.45) is 17.1 Å². The highest BCUT2D eigenvalue weighted by molar-refractivity contribution is 5.95. The topological polar surface area (TPSA) is 212 Å². The fourth-order valence-corrected chi connectivity index (χ4v) is 13.1. The zero-order chi connectivity index (χ0) is 46.0. The summed E-state index contributed by atoms with van der Waals surface area (Å²) in [5.74, 6) is -1.52. The van der Waals surface area contributed by atoms with Gasteiger partial charge < -0.3 is 55.8 Å². The van der Waals surface area contributed by atoms with Gasteiger partial charge in [-0.25, -0.2) is 0 Å². The third-order valence-electron chi connectivity index (χ3n) is 15.8. The van der Waals surface area contributed by atoms with Gasteiger partial charge in [0.25, 0.3) is 5.91 Å². The molecule has 15 nitrogen and oxygen atoms in total. The van der Waals surface area contributed by atoms with Crippen molar-refractivity contribution >= 4 is 34.4 Å². The second-order valence-corrected chi connectivity index (χ2v) is 19.4. The molecule has 3 aromatic rings. The average Bonchev–Trinajstić information content (AvgIpc) is 3.94. The predicted molar refractivity (Wildman–Crippen MR) is 243 cm³/mol. The smallest absolute Gasteiger partial charge is 0.322 e. The molecule has 4 aliphatic heterocycles. The number of anilines is 1. The summed E-state index contributed by atoms with van der Waals surface area (Å²) in [4.78, 5) is 50.3. The van der Waals surface area contributed by atoms with E-state index >= 15 is 4.79 Å². The molecule has 2 fully saturated rings. The van der Waals surface area contributed by atoms with E-state index in [0.29, 0.717) is 75.3 Å². The second-order valence-electron chi connectivity index (χ2n) is 19.4. The summed E-state index contributed by atoms with van der Waals surface area (Å²) in [6.45, 7) is 9.94. The monoisotopic (exact) mass is 885 g/mol. The van der Waals surface area contributed by atoms with Gasteiger partial charge in [-0.3, -0.25) is 19.3 Å². The number of aliphatic hydroxyl groups is 3. The molecular weight excluding hydrogens is 817 g/mol. The fourth-order valence-electron chi connectivity index (χ4n) is 13.1. The number of H-pyrrole nitrogens is 1. The summed E-state index contributed by atoms with van der Waals surface area (Å²) in [6.07, 6.45) is 5.57. The number of β-amino-alcohol motifs (C(OH)–C–C–N with tert-alkyl or cyclic N) is 1. The molecule has 1 aromatic heterocycles. The van der Waals surface area contributed by atoms with Crippen LogP contribution in [-0.2, 0) is 41.1 Å². The van der Waals surface area contributed by atoms with Crippen molar-refractivity contribution in [2.45, 2.75) is 119 Å². The highest BCUT2D eigenvalue weighted by atomic mass is 16.5. The largest absolute Gasteiger partial charge is 0.496 e. The van der Waals surface area contributed by atoms with Crippen LogP contribution in [0.1, 0.15) is 88.6 Å². The lowest BCUT2D eigenvalue weighted by molar-refractivity contribution is -0.203. The van der Waals surface area contributed by atoms with Crippen LogP contribution in [0, 0.1) is 11.3 Å². The van der Waals surface area contributed by atoms with Crippen LogP contribution in [0.15, 0.2) is 48.6 Å². The number of nitrogens with two attached hydrogens (primary N) is 1. The third-order valence-corrected chi connectivity index (χ3v) is 15.8. The fraction of sp³-hybridized carbons (Fsp3) is 0.612. The Hall–Kier alpha value is -4.51. The van der Waals surface area contributed by atoms with Crippen molar-refractivity contribution in [3.63, 3.8) is 0 Å². The van der Waals surface area contributed by atoms with Gasteiger partial charge in [-0.2, -0.15) is 0 Å². The number of para-hydroxylation sites is 1. The van der Waals surface area contributed by atoms with Gasteiger partial charge in [-0.15, -0.1) is 0 Å².